The molecule has 36 heavy (non-hydrogen) atoms. The van der Waals surface area contributed by atoms with Gasteiger partial charge in [-0.05, 0) is 86.3 Å². The summed E-state index contributed by atoms with van der Waals surface area (Å²) in [7, 11) is 0. The van der Waals surface area contributed by atoms with Crippen LogP contribution in [0.15, 0.2) is 70.6 Å². The summed E-state index contributed by atoms with van der Waals surface area (Å²) in [5.41, 5.74) is 6.20. The molecule has 0 spiro atoms. The summed E-state index contributed by atoms with van der Waals surface area (Å²) in [6.07, 6.45) is 0.227. The summed E-state index contributed by atoms with van der Waals surface area (Å²) in [6.45, 7) is 8.30. The fraction of sp³-hybridized carbons (Fsp3) is 0.241. The van der Waals surface area contributed by atoms with Gasteiger partial charge in [-0.15, -0.1) is 0 Å². The highest BCUT2D eigenvalue weighted by molar-refractivity contribution is 7.99. The number of hydrogen-bond donors (Lipinski definition) is 0. The van der Waals surface area contributed by atoms with Gasteiger partial charge in [0, 0.05) is 12.2 Å². The number of rotatable bonds is 7. The van der Waals surface area contributed by atoms with E-state index in [1.807, 2.05) is 82.3 Å². The van der Waals surface area contributed by atoms with Gasteiger partial charge in [-0.25, -0.2) is 4.98 Å². The lowest BCUT2D eigenvalue weighted by molar-refractivity contribution is -0.116. The topological polar surface area (TPSA) is 79.0 Å². The smallest absolute Gasteiger partial charge is 0.266 e. The Labute approximate surface area is 215 Å². The van der Waals surface area contributed by atoms with E-state index < -0.39 is 0 Å². The normalized spacial score (nSPS) is 10.9. The van der Waals surface area contributed by atoms with Gasteiger partial charge in [0.2, 0.25) is 5.91 Å². The number of aromatic nitrogens is 2. The average molecular weight is 497 g/mol. The van der Waals surface area contributed by atoms with E-state index in [0.29, 0.717) is 28.3 Å². The first-order chi connectivity index (χ1) is 17.3. The molecule has 1 heterocycles. The van der Waals surface area contributed by atoms with E-state index in [0.717, 1.165) is 27.9 Å². The number of nitrogens with zero attached hydrogens (tertiary/aromatic N) is 4. The van der Waals surface area contributed by atoms with Crippen molar-refractivity contribution in [2.75, 3.05) is 17.2 Å². The molecule has 7 heteroatoms. The first-order valence-corrected chi connectivity index (χ1v) is 12.7. The Balaban J connectivity index is 1.73. The van der Waals surface area contributed by atoms with E-state index in [1.54, 1.807) is 15.5 Å². The summed E-state index contributed by atoms with van der Waals surface area (Å²) in [5, 5.41) is 10.1. The number of aryl methyl sites for hydroxylation is 4. The van der Waals surface area contributed by atoms with Crippen molar-refractivity contribution in [2.24, 2.45) is 0 Å². The summed E-state index contributed by atoms with van der Waals surface area (Å²) in [4.78, 5) is 33.4. The first-order valence-electron chi connectivity index (χ1n) is 11.8. The maximum Gasteiger partial charge on any atom is 0.266 e. The first kappa shape index (κ1) is 25.2. The van der Waals surface area contributed by atoms with Crippen LogP contribution in [0.3, 0.4) is 0 Å². The molecule has 0 radical (unpaired) electrons. The van der Waals surface area contributed by atoms with Crippen molar-refractivity contribution < 1.29 is 4.79 Å². The molecule has 0 bridgehead atoms. The molecule has 0 saturated carbocycles. The maximum absolute atomic E-state index is 13.5. The molecule has 1 aromatic heterocycles. The number of anilines is 1. The van der Waals surface area contributed by atoms with Gasteiger partial charge < -0.3 is 4.90 Å². The Kier molecular flexibility index (Phi) is 7.56. The largest absolute Gasteiger partial charge is 0.311 e. The molecular formula is C29H28N4O2S. The number of benzene rings is 3. The third-order valence-electron chi connectivity index (χ3n) is 6.08. The lowest BCUT2D eigenvalue weighted by Crippen LogP contribution is -2.33. The van der Waals surface area contributed by atoms with E-state index >= 15 is 0 Å². The minimum absolute atomic E-state index is 0.0774. The van der Waals surface area contributed by atoms with Crippen LogP contribution in [0.5, 0.6) is 0 Å². The summed E-state index contributed by atoms with van der Waals surface area (Å²) in [6, 6.07) is 21.2. The van der Waals surface area contributed by atoms with Crippen molar-refractivity contribution in [3.05, 3.63) is 93.3 Å². The number of fused-ring (bicyclic) bond motifs is 1. The van der Waals surface area contributed by atoms with Gasteiger partial charge in [-0.2, -0.15) is 5.26 Å². The molecule has 0 fully saturated rings. The Bertz CT molecular complexity index is 1530. The van der Waals surface area contributed by atoms with Crippen LogP contribution >= 0.6 is 11.8 Å². The van der Waals surface area contributed by atoms with Crippen molar-refractivity contribution >= 4 is 34.3 Å². The zero-order valence-electron chi connectivity index (χ0n) is 20.9. The van der Waals surface area contributed by atoms with Crippen molar-refractivity contribution in [1.82, 2.24) is 9.55 Å². The maximum atomic E-state index is 13.5. The minimum atomic E-state index is -0.172. The molecule has 1 amide bonds. The molecule has 0 atom stereocenters. The van der Waals surface area contributed by atoms with E-state index in [1.165, 1.54) is 11.8 Å². The molecule has 0 aliphatic carbocycles. The molecule has 0 unspecified atom stereocenters. The van der Waals surface area contributed by atoms with E-state index in [-0.39, 0.29) is 23.6 Å². The van der Waals surface area contributed by atoms with Crippen LogP contribution in [-0.4, -0.2) is 27.8 Å². The van der Waals surface area contributed by atoms with Crippen LogP contribution in [0.2, 0.25) is 0 Å². The van der Waals surface area contributed by atoms with Crippen molar-refractivity contribution in [2.45, 2.75) is 39.3 Å². The zero-order valence-corrected chi connectivity index (χ0v) is 21.7. The molecule has 0 aliphatic heterocycles. The van der Waals surface area contributed by atoms with Crippen LogP contribution < -0.4 is 10.5 Å². The Morgan fingerprint density at radius 2 is 1.72 bits per heavy atom. The van der Waals surface area contributed by atoms with Crippen LogP contribution in [0, 0.1) is 39.0 Å². The Hall–Kier alpha value is -3.89. The number of carbonyl (C=O) groups excluding carboxylic acids is 1. The SMILES string of the molecule is Cc1cc(C)cc(N(CCC#N)C(=O)CSc2nc3ccccc3c(=O)n2-c2ccc(C)c(C)c2)c1. The Morgan fingerprint density at radius 3 is 2.42 bits per heavy atom. The highest BCUT2D eigenvalue weighted by atomic mass is 32.2. The molecule has 182 valence electrons. The highest BCUT2D eigenvalue weighted by Crippen LogP contribution is 2.25. The molecule has 4 aromatic rings. The average Bonchev–Trinajstić information content (AvgIpc) is 2.84. The molecular weight excluding hydrogens is 468 g/mol. The molecule has 0 saturated heterocycles. The molecule has 3 aromatic carbocycles. The van der Waals surface area contributed by atoms with Gasteiger partial charge in [-0.1, -0.05) is 36.0 Å². The molecule has 0 N–H and O–H groups in total. The van der Waals surface area contributed by atoms with Gasteiger partial charge in [-0.3, -0.25) is 14.2 Å². The van der Waals surface area contributed by atoms with E-state index in [4.69, 9.17) is 10.2 Å². The highest BCUT2D eigenvalue weighted by Gasteiger charge is 2.20. The minimum Gasteiger partial charge on any atom is -0.311 e. The summed E-state index contributed by atoms with van der Waals surface area (Å²) < 4.78 is 1.59. The molecule has 6 nitrogen and oxygen atoms in total. The lowest BCUT2D eigenvalue weighted by Gasteiger charge is -2.23. The van der Waals surface area contributed by atoms with Gasteiger partial charge in [0.05, 0.1) is 34.8 Å². The van der Waals surface area contributed by atoms with Crippen LogP contribution in [0.25, 0.3) is 16.6 Å². The third kappa shape index (κ3) is 5.34. The summed E-state index contributed by atoms with van der Waals surface area (Å²) in [5.74, 6) is -0.0667. The van der Waals surface area contributed by atoms with Crippen LogP contribution in [-0.2, 0) is 4.79 Å². The quantitative estimate of drug-likeness (QED) is 0.244. The van der Waals surface area contributed by atoms with Gasteiger partial charge in [0.15, 0.2) is 5.16 Å². The molecule has 4 rings (SSSR count). The number of nitriles is 1. The predicted molar refractivity (Wildman–Crippen MR) is 146 cm³/mol. The van der Waals surface area contributed by atoms with Gasteiger partial charge >= 0.3 is 0 Å². The number of para-hydroxylation sites is 1. The number of thioether (sulfide) groups is 1. The summed E-state index contributed by atoms with van der Waals surface area (Å²) >= 11 is 1.23. The van der Waals surface area contributed by atoms with Crippen LogP contribution in [0.4, 0.5) is 5.69 Å². The Morgan fingerprint density at radius 1 is 1.00 bits per heavy atom. The lowest BCUT2D eigenvalue weighted by atomic mass is 10.1. The molecule has 0 aliphatic rings. The second-order valence-electron chi connectivity index (χ2n) is 8.91. The predicted octanol–water partition coefficient (Wildman–Crippen LogP) is 5.66. The fourth-order valence-corrected chi connectivity index (χ4v) is 5.06. The van der Waals surface area contributed by atoms with Gasteiger partial charge in [0.1, 0.15) is 0 Å². The fourth-order valence-electron chi connectivity index (χ4n) is 4.17. The van der Waals surface area contributed by atoms with Gasteiger partial charge in [0.25, 0.3) is 5.56 Å². The number of carbonyl (C=O) groups is 1. The second-order valence-corrected chi connectivity index (χ2v) is 9.85. The standard InChI is InChI=1S/C29H28N4O2S/c1-19-14-20(2)16-24(15-19)32(13-7-12-30)27(34)18-36-29-31-26-9-6-5-8-25(26)28(35)33(29)23-11-10-21(3)22(4)17-23/h5-6,8-11,14-17H,7,13,18H2,1-4H3. The second kappa shape index (κ2) is 10.8. The van der Waals surface area contributed by atoms with Crippen molar-refractivity contribution in [1.29, 1.82) is 5.26 Å². The van der Waals surface area contributed by atoms with E-state index in [2.05, 4.69) is 6.07 Å². The zero-order chi connectivity index (χ0) is 25.8. The number of amides is 1. The van der Waals surface area contributed by atoms with Crippen LogP contribution in [0.1, 0.15) is 28.7 Å². The number of hydrogen-bond acceptors (Lipinski definition) is 5. The van der Waals surface area contributed by atoms with E-state index in [9.17, 15) is 9.59 Å². The third-order valence-corrected chi connectivity index (χ3v) is 7.01. The van der Waals surface area contributed by atoms with Crippen molar-refractivity contribution in [3.63, 3.8) is 0 Å². The monoisotopic (exact) mass is 496 g/mol. The van der Waals surface area contributed by atoms with Crippen molar-refractivity contribution in [3.8, 4) is 11.8 Å².